The summed E-state index contributed by atoms with van der Waals surface area (Å²) >= 11 is 0. The molecular formula is C25H28N6O3. The summed E-state index contributed by atoms with van der Waals surface area (Å²) in [5.74, 6) is 0.904. The van der Waals surface area contributed by atoms with E-state index in [0.717, 1.165) is 47.5 Å². The quantitative estimate of drug-likeness (QED) is 0.634. The highest BCUT2D eigenvalue weighted by molar-refractivity contribution is 5.96. The molecule has 9 nitrogen and oxygen atoms in total. The molecule has 0 aliphatic carbocycles. The Labute approximate surface area is 198 Å². The van der Waals surface area contributed by atoms with Crippen molar-refractivity contribution in [2.75, 3.05) is 42.8 Å². The molecule has 3 fully saturated rings. The van der Waals surface area contributed by atoms with Crippen molar-refractivity contribution in [1.82, 2.24) is 14.8 Å². The lowest BCUT2D eigenvalue weighted by Crippen LogP contribution is -2.47. The summed E-state index contributed by atoms with van der Waals surface area (Å²) in [4.78, 5) is 9.84. The Morgan fingerprint density at radius 1 is 1.15 bits per heavy atom. The smallest absolute Gasteiger partial charge is 0.174 e. The van der Waals surface area contributed by atoms with Gasteiger partial charge in [-0.2, -0.15) is 10.4 Å². The zero-order valence-electron chi connectivity index (χ0n) is 19.2. The van der Waals surface area contributed by atoms with Crippen LogP contribution in [0.4, 0.5) is 11.5 Å². The van der Waals surface area contributed by atoms with Crippen LogP contribution in [0.2, 0.25) is 0 Å². The van der Waals surface area contributed by atoms with Crippen LogP contribution in [-0.2, 0) is 16.1 Å². The van der Waals surface area contributed by atoms with Gasteiger partial charge in [0.2, 0.25) is 0 Å². The molecule has 3 atom stereocenters. The first kappa shape index (κ1) is 21.4. The number of pyridine rings is 1. The van der Waals surface area contributed by atoms with Gasteiger partial charge >= 0.3 is 0 Å². The van der Waals surface area contributed by atoms with Crippen LogP contribution in [-0.4, -0.2) is 71.0 Å². The topological polar surface area (TPSA) is 99.7 Å². The van der Waals surface area contributed by atoms with E-state index in [2.05, 4.69) is 34.0 Å². The number of ether oxygens (including phenoxy) is 2. The third-order valence-corrected chi connectivity index (χ3v) is 7.23. The number of hydrogen-bond donors (Lipinski definition) is 1. The summed E-state index contributed by atoms with van der Waals surface area (Å²) in [6, 6.07) is 12.8. The van der Waals surface area contributed by atoms with Crippen LogP contribution < -0.4 is 9.80 Å². The predicted molar refractivity (Wildman–Crippen MR) is 127 cm³/mol. The van der Waals surface area contributed by atoms with E-state index in [1.165, 1.54) is 0 Å². The van der Waals surface area contributed by atoms with Gasteiger partial charge in [-0.15, -0.1) is 0 Å². The molecule has 0 saturated carbocycles. The van der Waals surface area contributed by atoms with Gasteiger partial charge in [0.15, 0.2) is 11.3 Å². The van der Waals surface area contributed by atoms with Gasteiger partial charge in [0.25, 0.3) is 0 Å². The first-order valence-electron chi connectivity index (χ1n) is 11.9. The second-order valence-corrected chi connectivity index (χ2v) is 9.35. The number of aromatic nitrogens is 3. The number of aliphatic hydroxyl groups excluding tert-OH is 1. The van der Waals surface area contributed by atoms with Crippen molar-refractivity contribution in [2.45, 2.75) is 44.5 Å². The third kappa shape index (κ3) is 3.41. The van der Waals surface area contributed by atoms with Crippen molar-refractivity contribution < 1.29 is 14.6 Å². The van der Waals surface area contributed by atoms with Gasteiger partial charge in [-0.3, -0.25) is 0 Å². The number of fused-ring (bicyclic) bond motifs is 3. The second-order valence-electron chi connectivity index (χ2n) is 9.35. The number of anilines is 2. The highest BCUT2D eigenvalue weighted by Gasteiger charge is 2.39. The average Bonchev–Trinajstić information content (AvgIpc) is 3.37. The van der Waals surface area contributed by atoms with Crippen LogP contribution in [0.5, 0.6) is 0 Å². The van der Waals surface area contributed by atoms with Crippen LogP contribution >= 0.6 is 0 Å². The van der Waals surface area contributed by atoms with Crippen molar-refractivity contribution in [3.8, 4) is 11.8 Å². The summed E-state index contributed by atoms with van der Waals surface area (Å²) in [6.07, 6.45) is 2.18. The van der Waals surface area contributed by atoms with E-state index in [1.807, 2.05) is 24.3 Å². The molecule has 3 saturated heterocycles. The minimum absolute atomic E-state index is 0.0650. The lowest BCUT2D eigenvalue weighted by Gasteiger charge is -2.38. The summed E-state index contributed by atoms with van der Waals surface area (Å²) in [7, 11) is 0. The van der Waals surface area contributed by atoms with E-state index >= 15 is 0 Å². The van der Waals surface area contributed by atoms with Gasteiger partial charge < -0.3 is 24.4 Å². The molecule has 3 aliphatic heterocycles. The number of aliphatic hydroxyl groups is 1. The Balaban J connectivity index is 1.60. The first-order chi connectivity index (χ1) is 16.7. The molecule has 1 aromatic carbocycles. The maximum absolute atomic E-state index is 10.0. The minimum Gasteiger partial charge on any atom is -0.392 e. The molecule has 1 N–H and O–H groups in total. The fraction of sp³-hybridized carbons (Fsp3) is 0.480. The molecular weight excluding hydrogens is 432 g/mol. The van der Waals surface area contributed by atoms with Gasteiger partial charge in [-0.05, 0) is 37.5 Å². The van der Waals surface area contributed by atoms with Gasteiger partial charge in [0.1, 0.15) is 11.9 Å². The maximum atomic E-state index is 10.0. The zero-order chi connectivity index (χ0) is 23.2. The van der Waals surface area contributed by atoms with Crippen LogP contribution in [0.1, 0.15) is 31.0 Å². The van der Waals surface area contributed by atoms with Crippen LogP contribution in [0.15, 0.2) is 30.3 Å². The average molecular weight is 461 g/mol. The molecule has 5 heterocycles. The Kier molecular flexibility index (Phi) is 5.37. The summed E-state index contributed by atoms with van der Waals surface area (Å²) < 4.78 is 13.3. The monoisotopic (exact) mass is 460 g/mol. The summed E-state index contributed by atoms with van der Waals surface area (Å²) in [5.41, 5.74) is 3.53. The maximum Gasteiger partial charge on any atom is 0.174 e. The number of hydrogen-bond acceptors (Lipinski definition) is 8. The number of nitrogens with zero attached hydrogens (tertiary/aromatic N) is 6. The lowest BCUT2D eigenvalue weighted by molar-refractivity contribution is 0.0902. The molecule has 2 unspecified atom stereocenters. The third-order valence-electron chi connectivity index (χ3n) is 7.23. The molecule has 34 heavy (non-hydrogen) atoms. The number of morpholine rings is 2. The predicted octanol–water partition coefficient (Wildman–Crippen LogP) is 2.38. The molecule has 0 amide bonds. The van der Waals surface area contributed by atoms with Crippen LogP contribution in [0.3, 0.4) is 0 Å². The molecule has 6 rings (SSSR count). The van der Waals surface area contributed by atoms with E-state index in [0.29, 0.717) is 49.9 Å². The highest BCUT2D eigenvalue weighted by Crippen LogP contribution is 2.39. The molecule has 0 spiro atoms. The molecule has 2 aromatic heterocycles. The second kappa shape index (κ2) is 8.55. The van der Waals surface area contributed by atoms with Gasteiger partial charge in [-0.1, -0.05) is 12.1 Å². The molecule has 9 heteroatoms. The van der Waals surface area contributed by atoms with Crippen molar-refractivity contribution in [2.24, 2.45) is 0 Å². The van der Waals surface area contributed by atoms with E-state index in [-0.39, 0.29) is 12.6 Å². The zero-order valence-corrected chi connectivity index (χ0v) is 19.2. The normalized spacial score (nSPS) is 24.6. The summed E-state index contributed by atoms with van der Waals surface area (Å²) in [5, 5.41) is 25.1. The van der Waals surface area contributed by atoms with Crippen molar-refractivity contribution in [3.05, 3.63) is 41.6 Å². The molecule has 2 bridgehead atoms. The Hall–Kier alpha value is -3.19. The fourth-order valence-electron chi connectivity index (χ4n) is 5.57. The highest BCUT2D eigenvalue weighted by atomic mass is 16.5. The number of rotatable bonds is 4. The van der Waals surface area contributed by atoms with Gasteiger partial charge in [-0.25, -0.2) is 9.67 Å². The van der Waals surface area contributed by atoms with Crippen molar-refractivity contribution >= 4 is 22.5 Å². The number of nitriles is 1. The first-order valence-corrected chi connectivity index (χ1v) is 11.9. The van der Waals surface area contributed by atoms with E-state index in [9.17, 15) is 10.4 Å². The van der Waals surface area contributed by atoms with Gasteiger partial charge in [0, 0.05) is 18.7 Å². The summed E-state index contributed by atoms with van der Waals surface area (Å²) in [6.45, 7) is 5.51. The standard InChI is InChI=1S/C25H28N6O3/c1-16-13-33-8-7-29(16)22-10-23(30-19-5-6-20(30)15-34-14-19)27-25-24(22)21(11-26)28-31(25)18-4-2-3-17(9-18)12-32/h2-4,9-10,16,19-20,32H,5-8,12-15H2,1H3/t16-,19?,20?/m1/s1. The molecule has 3 aliphatic rings. The Morgan fingerprint density at radius 3 is 2.71 bits per heavy atom. The minimum atomic E-state index is -0.0650. The van der Waals surface area contributed by atoms with Crippen molar-refractivity contribution in [1.29, 1.82) is 5.26 Å². The Morgan fingerprint density at radius 2 is 1.97 bits per heavy atom. The van der Waals surface area contributed by atoms with Gasteiger partial charge in [0.05, 0.1) is 61.9 Å². The molecule has 0 radical (unpaired) electrons. The van der Waals surface area contributed by atoms with E-state index < -0.39 is 0 Å². The van der Waals surface area contributed by atoms with E-state index in [4.69, 9.17) is 14.5 Å². The fourth-order valence-corrected chi connectivity index (χ4v) is 5.57. The lowest BCUT2D eigenvalue weighted by atomic mass is 10.1. The van der Waals surface area contributed by atoms with Crippen LogP contribution in [0.25, 0.3) is 16.7 Å². The van der Waals surface area contributed by atoms with Crippen LogP contribution in [0, 0.1) is 11.3 Å². The molecule has 3 aromatic rings. The largest absolute Gasteiger partial charge is 0.392 e. The van der Waals surface area contributed by atoms with Crippen molar-refractivity contribution in [3.63, 3.8) is 0 Å². The SMILES string of the molecule is C[C@@H]1COCCN1c1cc(N2C3CCC2COC3)nc2c1c(C#N)nn2-c1cccc(CO)c1. The number of benzene rings is 1. The molecule has 176 valence electrons. The Bertz CT molecular complexity index is 1250. The van der Waals surface area contributed by atoms with E-state index in [1.54, 1.807) is 4.68 Å².